The van der Waals surface area contributed by atoms with Crippen molar-refractivity contribution in [2.45, 2.75) is 26.9 Å². The number of nitrogens with zero attached hydrogens (tertiary/aromatic N) is 1. The van der Waals surface area contributed by atoms with Crippen molar-refractivity contribution in [3.63, 3.8) is 0 Å². The van der Waals surface area contributed by atoms with Crippen LogP contribution in [0.15, 0.2) is 29.4 Å². The van der Waals surface area contributed by atoms with Crippen molar-refractivity contribution in [3.05, 3.63) is 35.4 Å². The molecule has 0 amide bonds. The Balaban J connectivity index is 2.54. The second-order valence-electron chi connectivity index (χ2n) is 3.30. The minimum atomic E-state index is 0.140. The summed E-state index contributed by atoms with van der Waals surface area (Å²) in [5, 5.41) is 3.85. The first-order valence-corrected chi connectivity index (χ1v) is 4.44. The predicted octanol–water partition coefficient (Wildman–Crippen LogP) is 2.75. The van der Waals surface area contributed by atoms with Gasteiger partial charge in [-0.2, -0.15) is 0 Å². The van der Waals surface area contributed by atoms with Gasteiger partial charge in [0, 0.05) is 0 Å². The predicted molar refractivity (Wildman–Crippen MR) is 55.0 cm³/mol. The minimum Gasteiger partial charge on any atom is -0.393 e. The molecule has 0 aliphatic rings. The molecule has 13 heavy (non-hydrogen) atoms. The number of hydrogen-bond acceptors (Lipinski definition) is 2. The molecule has 0 bridgehead atoms. The summed E-state index contributed by atoms with van der Waals surface area (Å²) in [6.07, 6.45) is 1.86. The van der Waals surface area contributed by atoms with Gasteiger partial charge in [-0.05, 0) is 26.3 Å². The quantitative estimate of drug-likeness (QED) is 0.514. The summed E-state index contributed by atoms with van der Waals surface area (Å²) < 4.78 is 0. The third-order valence-electron chi connectivity index (χ3n) is 1.55. The number of benzene rings is 1. The lowest BCUT2D eigenvalue weighted by molar-refractivity contribution is 0.0874. The number of aryl methyl sites for hydroxylation is 1. The molecule has 0 atom stereocenters. The van der Waals surface area contributed by atoms with E-state index in [9.17, 15) is 0 Å². The van der Waals surface area contributed by atoms with Crippen LogP contribution in [0, 0.1) is 6.92 Å². The van der Waals surface area contributed by atoms with E-state index >= 15 is 0 Å². The number of oxime groups is 1. The molecule has 2 nitrogen and oxygen atoms in total. The molecule has 2 heteroatoms. The first-order valence-electron chi connectivity index (χ1n) is 4.44. The average Bonchev–Trinajstić information content (AvgIpc) is 2.08. The first kappa shape index (κ1) is 9.78. The molecule has 1 aromatic rings. The molecular formula is C11H15NO. The molecule has 1 rings (SSSR count). The van der Waals surface area contributed by atoms with Crippen molar-refractivity contribution < 1.29 is 4.84 Å². The summed E-state index contributed by atoms with van der Waals surface area (Å²) in [7, 11) is 0. The summed E-state index contributed by atoms with van der Waals surface area (Å²) in [5.74, 6) is 0. The first-order chi connectivity index (χ1) is 6.18. The Kier molecular flexibility index (Phi) is 3.50. The van der Waals surface area contributed by atoms with Crippen LogP contribution in [0.1, 0.15) is 25.0 Å². The zero-order chi connectivity index (χ0) is 9.68. The second kappa shape index (κ2) is 4.65. The minimum absolute atomic E-state index is 0.140. The molecule has 0 spiro atoms. The highest BCUT2D eigenvalue weighted by molar-refractivity contribution is 5.79. The second-order valence-corrected chi connectivity index (χ2v) is 3.30. The Labute approximate surface area is 79.2 Å². The van der Waals surface area contributed by atoms with Gasteiger partial charge >= 0.3 is 0 Å². The maximum atomic E-state index is 5.05. The number of rotatable bonds is 3. The van der Waals surface area contributed by atoms with E-state index in [1.807, 2.05) is 26.0 Å². The largest absolute Gasteiger partial charge is 0.393 e. The van der Waals surface area contributed by atoms with E-state index in [1.54, 1.807) is 6.21 Å². The van der Waals surface area contributed by atoms with E-state index < -0.39 is 0 Å². The van der Waals surface area contributed by atoms with Crippen LogP contribution in [0.3, 0.4) is 0 Å². The van der Waals surface area contributed by atoms with Crippen molar-refractivity contribution in [2.24, 2.45) is 5.16 Å². The maximum Gasteiger partial charge on any atom is 0.122 e. The lowest BCUT2D eigenvalue weighted by Gasteiger charge is -2.00. The highest BCUT2D eigenvalue weighted by atomic mass is 16.6. The zero-order valence-corrected chi connectivity index (χ0v) is 8.32. The third kappa shape index (κ3) is 3.74. The molecule has 70 valence electrons. The normalized spacial score (nSPS) is 11.1. The van der Waals surface area contributed by atoms with Crippen LogP contribution in [0.4, 0.5) is 0 Å². The maximum absolute atomic E-state index is 5.05. The zero-order valence-electron chi connectivity index (χ0n) is 8.32. The molecule has 0 saturated heterocycles. The van der Waals surface area contributed by atoms with Crippen LogP contribution >= 0.6 is 0 Å². The van der Waals surface area contributed by atoms with E-state index in [4.69, 9.17) is 4.84 Å². The molecule has 0 aliphatic heterocycles. The van der Waals surface area contributed by atoms with E-state index in [0.717, 1.165) is 5.56 Å². The van der Waals surface area contributed by atoms with Gasteiger partial charge in [0.15, 0.2) is 0 Å². The molecule has 0 aliphatic carbocycles. The molecule has 0 aromatic heterocycles. The molecule has 0 N–H and O–H groups in total. The van der Waals surface area contributed by atoms with Crippen molar-refractivity contribution in [1.82, 2.24) is 0 Å². The van der Waals surface area contributed by atoms with Crippen LogP contribution in [-0.4, -0.2) is 12.3 Å². The molecule has 0 radical (unpaired) electrons. The molecule has 1 aromatic carbocycles. The van der Waals surface area contributed by atoms with Gasteiger partial charge in [0.2, 0.25) is 0 Å². The Morgan fingerprint density at radius 3 is 2.38 bits per heavy atom. The van der Waals surface area contributed by atoms with Crippen LogP contribution in [0.5, 0.6) is 0 Å². The summed E-state index contributed by atoms with van der Waals surface area (Å²) in [4.78, 5) is 5.05. The average molecular weight is 177 g/mol. The van der Waals surface area contributed by atoms with Crippen molar-refractivity contribution in [1.29, 1.82) is 0 Å². The molecule has 0 unspecified atom stereocenters. The molecule has 0 saturated carbocycles. The topological polar surface area (TPSA) is 21.6 Å². The highest BCUT2D eigenvalue weighted by Crippen LogP contribution is 2.00. The van der Waals surface area contributed by atoms with Gasteiger partial charge < -0.3 is 4.84 Å². The summed E-state index contributed by atoms with van der Waals surface area (Å²) in [5.41, 5.74) is 2.31. The van der Waals surface area contributed by atoms with Crippen molar-refractivity contribution in [3.8, 4) is 0 Å². The fourth-order valence-corrected chi connectivity index (χ4v) is 0.866. The Morgan fingerprint density at radius 2 is 1.85 bits per heavy atom. The van der Waals surface area contributed by atoms with E-state index in [1.165, 1.54) is 5.56 Å². The van der Waals surface area contributed by atoms with E-state index in [2.05, 4.69) is 24.2 Å². The van der Waals surface area contributed by atoms with Gasteiger partial charge in [0.05, 0.1) is 6.21 Å². The molecule has 0 heterocycles. The number of hydrogen-bond donors (Lipinski definition) is 0. The summed E-state index contributed by atoms with van der Waals surface area (Å²) >= 11 is 0. The van der Waals surface area contributed by atoms with Gasteiger partial charge in [-0.3, -0.25) is 0 Å². The molecular weight excluding hydrogens is 162 g/mol. The third-order valence-corrected chi connectivity index (χ3v) is 1.55. The summed E-state index contributed by atoms with van der Waals surface area (Å²) in [6.45, 7) is 5.96. The Hall–Kier alpha value is -1.31. The van der Waals surface area contributed by atoms with Crippen LogP contribution in [0.25, 0.3) is 0 Å². The lowest BCUT2D eigenvalue weighted by atomic mass is 10.2. The van der Waals surface area contributed by atoms with Gasteiger partial charge in [-0.15, -0.1) is 0 Å². The Morgan fingerprint density at radius 1 is 1.23 bits per heavy atom. The highest BCUT2D eigenvalue weighted by Gasteiger charge is 1.89. The Bertz CT molecular complexity index is 275. The fourth-order valence-electron chi connectivity index (χ4n) is 0.866. The standard InChI is InChI=1S/C11H15NO/c1-9(2)13-12-8-11-6-4-10(3)5-7-11/h4-9H,1-3H3/b12-8+. The fraction of sp³-hybridized carbons (Fsp3) is 0.364. The van der Waals surface area contributed by atoms with Crippen LogP contribution in [0.2, 0.25) is 0 Å². The van der Waals surface area contributed by atoms with E-state index in [0.29, 0.717) is 0 Å². The lowest BCUT2D eigenvalue weighted by Crippen LogP contribution is -1.96. The monoisotopic (exact) mass is 177 g/mol. The van der Waals surface area contributed by atoms with Gasteiger partial charge in [0.25, 0.3) is 0 Å². The van der Waals surface area contributed by atoms with Crippen molar-refractivity contribution >= 4 is 6.21 Å². The summed E-state index contributed by atoms with van der Waals surface area (Å²) in [6, 6.07) is 8.14. The smallest absolute Gasteiger partial charge is 0.122 e. The van der Waals surface area contributed by atoms with Crippen molar-refractivity contribution in [2.75, 3.05) is 0 Å². The van der Waals surface area contributed by atoms with Gasteiger partial charge in [0.1, 0.15) is 6.10 Å². The molecule has 0 fully saturated rings. The van der Waals surface area contributed by atoms with Crippen LogP contribution in [-0.2, 0) is 4.84 Å². The van der Waals surface area contributed by atoms with Gasteiger partial charge in [-0.1, -0.05) is 35.0 Å². The van der Waals surface area contributed by atoms with E-state index in [-0.39, 0.29) is 6.10 Å². The SMILES string of the molecule is Cc1ccc(/C=N/OC(C)C)cc1. The van der Waals surface area contributed by atoms with Crippen LogP contribution < -0.4 is 0 Å². The van der Waals surface area contributed by atoms with Gasteiger partial charge in [-0.25, -0.2) is 0 Å².